The molecule has 1 aromatic rings. The summed E-state index contributed by atoms with van der Waals surface area (Å²) in [6.45, 7) is 2.12. The van der Waals surface area contributed by atoms with Gasteiger partial charge in [0.1, 0.15) is 13.1 Å². The van der Waals surface area contributed by atoms with Crippen LogP contribution in [0.2, 0.25) is 0 Å². The van der Waals surface area contributed by atoms with Crippen molar-refractivity contribution in [3.63, 3.8) is 0 Å². The van der Waals surface area contributed by atoms with Crippen LogP contribution in [0.15, 0.2) is 48.1 Å². The molecule has 0 fully saturated rings. The maximum absolute atomic E-state index is 3.30. The van der Waals surface area contributed by atoms with E-state index >= 15 is 0 Å². The zero-order valence-electron chi connectivity index (χ0n) is 10.2. The molecule has 0 N–H and O–H groups in total. The van der Waals surface area contributed by atoms with Crippen LogP contribution in [0.25, 0.3) is 0 Å². The molecule has 1 nitrogen and oxygen atoms in total. The van der Waals surface area contributed by atoms with Crippen molar-refractivity contribution in [3.8, 4) is 0 Å². The van der Waals surface area contributed by atoms with E-state index in [9.17, 15) is 0 Å². The standard InChI is InChI=1S/C16H16N.Pd/c1-2-7-14(8-3-1)13-17-12-6-10-15-9-4-5-11-16(15)17;/h1-5,7,9,11H,6,10,12-13H2;/q-1;+2. The molecule has 2 heteroatoms. The number of fused-ring (bicyclic) bond motifs is 1. The van der Waals surface area contributed by atoms with Gasteiger partial charge >= 0.3 is 20.4 Å². The second kappa shape index (κ2) is 6.18. The molecule has 1 aromatic carbocycles. The van der Waals surface area contributed by atoms with Crippen LogP contribution in [-0.2, 0) is 27.0 Å². The van der Waals surface area contributed by atoms with Crippen LogP contribution >= 0.6 is 0 Å². The van der Waals surface area contributed by atoms with Crippen molar-refractivity contribution in [3.05, 3.63) is 66.1 Å². The molecule has 1 aliphatic heterocycles. The molecular weight excluding hydrogens is 313 g/mol. The van der Waals surface area contributed by atoms with E-state index in [0.29, 0.717) is 0 Å². The van der Waals surface area contributed by atoms with Gasteiger partial charge in [0, 0.05) is 0 Å². The van der Waals surface area contributed by atoms with Gasteiger partial charge in [-0.15, -0.1) is 6.42 Å². The van der Waals surface area contributed by atoms with E-state index in [-0.39, 0.29) is 20.4 Å². The second-order valence-corrected chi connectivity index (χ2v) is 4.54. The molecule has 3 rings (SSSR count). The van der Waals surface area contributed by atoms with Gasteiger partial charge in [0.15, 0.2) is 0 Å². The van der Waals surface area contributed by atoms with E-state index in [1.165, 1.54) is 29.7 Å². The Morgan fingerprint density at radius 3 is 3.11 bits per heavy atom. The molecule has 0 bridgehead atoms. The topological polar surface area (TPSA) is 3.01 Å². The monoisotopic (exact) mass is 328 g/mol. The third kappa shape index (κ3) is 2.83. The van der Waals surface area contributed by atoms with Gasteiger partial charge in [0.05, 0.1) is 5.71 Å². The van der Waals surface area contributed by atoms with E-state index in [0.717, 1.165) is 13.1 Å². The van der Waals surface area contributed by atoms with Crippen LogP contribution < -0.4 is 0 Å². The Kier molecular flexibility index (Phi) is 4.58. The summed E-state index contributed by atoms with van der Waals surface area (Å²) in [5.41, 5.74) is 4.15. The van der Waals surface area contributed by atoms with Crippen molar-refractivity contribution in [2.75, 3.05) is 6.54 Å². The van der Waals surface area contributed by atoms with Crippen molar-refractivity contribution in [1.82, 2.24) is 0 Å². The van der Waals surface area contributed by atoms with Gasteiger partial charge in [-0.1, -0.05) is 17.6 Å². The zero-order chi connectivity index (χ0) is 11.5. The third-order valence-electron chi connectivity index (χ3n) is 3.34. The van der Waals surface area contributed by atoms with E-state index in [1.54, 1.807) is 0 Å². The number of nitrogens with zero attached hydrogens (tertiary/aromatic N) is 1. The first-order valence-corrected chi connectivity index (χ1v) is 6.22. The smallest absolute Gasteiger partial charge is 0.249 e. The molecule has 0 spiro atoms. The zero-order valence-corrected chi connectivity index (χ0v) is 11.8. The molecule has 0 saturated heterocycles. The predicted molar refractivity (Wildman–Crippen MR) is 69.9 cm³/mol. The van der Waals surface area contributed by atoms with E-state index in [2.05, 4.69) is 47.4 Å². The maximum Gasteiger partial charge on any atom is 2.00 e. The molecule has 2 aliphatic rings. The molecule has 0 amide bonds. The molecular formula is C16H16NPd+. The average Bonchev–Trinajstić information content (AvgIpc) is 2.40. The molecule has 0 atom stereocenters. The van der Waals surface area contributed by atoms with Crippen molar-refractivity contribution < 1.29 is 25.0 Å². The van der Waals surface area contributed by atoms with Crippen molar-refractivity contribution in [2.24, 2.45) is 0 Å². The van der Waals surface area contributed by atoms with E-state index < -0.39 is 0 Å². The Bertz CT molecular complexity index is 497. The van der Waals surface area contributed by atoms with Gasteiger partial charge in [-0.3, -0.25) is 0 Å². The minimum atomic E-state index is 0. The summed E-state index contributed by atoms with van der Waals surface area (Å²) in [4.78, 5) is 0. The van der Waals surface area contributed by atoms with Gasteiger partial charge in [-0.2, -0.15) is 48.6 Å². The molecule has 0 aromatic heterocycles. The summed E-state index contributed by atoms with van der Waals surface area (Å²) < 4.78 is 2.46. The fourth-order valence-corrected chi connectivity index (χ4v) is 2.51. The Labute approximate surface area is 123 Å². The summed E-state index contributed by atoms with van der Waals surface area (Å²) in [7, 11) is 0. The minimum absolute atomic E-state index is 0. The second-order valence-electron chi connectivity index (χ2n) is 4.54. The normalized spacial score (nSPS) is 17.4. The number of allylic oxidation sites excluding steroid dienone is 4. The average molecular weight is 329 g/mol. The molecule has 1 heterocycles. The Hall–Kier alpha value is -1.10. The fraction of sp³-hybridized carbons (Fsp3) is 0.250. The van der Waals surface area contributed by atoms with Crippen LogP contribution in [0.4, 0.5) is 0 Å². The van der Waals surface area contributed by atoms with Crippen LogP contribution in [0.1, 0.15) is 18.4 Å². The van der Waals surface area contributed by atoms with Gasteiger partial charge in [0.2, 0.25) is 0 Å². The fourth-order valence-electron chi connectivity index (χ4n) is 2.51. The number of benzene rings is 1. The first-order valence-electron chi connectivity index (χ1n) is 6.22. The van der Waals surface area contributed by atoms with E-state index in [4.69, 9.17) is 0 Å². The summed E-state index contributed by atoms with van der Waals surface area (Å²) in [6, 6.07) is 11.6. The first-order chi connectivity index (χ1) is 8.43. The van der Waals surface area contributed by atoms with Gasteiger partial charge in [0.25, 0.3) is 0 Å². The predicted octanol–water partition coefficient (Wildman–Crippen LogP) is 2.93. The number of hydrogen-bond donors (Lipinski definition) is 0. The van der Waals surface area contributed by atoms with Gasteiger partial charge < -0.3 is 0 Å². The largest absolute Gasteiger partial charge is 2.00 e. The summed E-state index contributed by atoms with van der Waals surface area (Å²) in [5, 5.41) is 0. The van der Waals surface area contributed by atoms with Crippen molar-refractivity contribution in [1.29, 1.82) is 0 Å². The summed E-state index contributed by atoms with van der Waals surface area (Å²) in [6.07, 6.45) is 11.2. The Morgan fingerprint density at radius 2 is 2.28 bits per heavy atom. The van der Waals surface area contributed by atoms with Gasteiger partial charge in [-0.05, 0) is 6.42 Å². The van der Waals surface area contributed by atoms with Crippen LogP contribution in [0, 0.1) is 12.5 Å². The van der Waals surface area contributed by atoms with Gasteiger partial charge in [-0.25, -0.2) is 4.58 Å². The molecule has 0 saturated carbocycles. The molecule has 0 radical (unpaired) electrons. The Balaban J connectivity index is 0.00000120. The quantitative estimate of drug-likeness (QED) is 0.446. The summed E-state index contributed by atoms with van der Waals surface area (Å²) >= 11 is 0. The SMILES string of the molecule is [Pd+2].[c-]1ccccc1C[N+]1=C2[CH-]C=CC=C2CCC1. The Morgan fingerprint density at radius 1 is 1.33 bits per heavy atom. The molecule has 0 unspecified atom stereocenters. The number of hydrogen-bond acceptors (Lipinski definition) is 0. The molecule has 1 aliphatic carbocycles. The van der Waals surface area contributed by atoms with Crippen molar-refractivity contribution in [2.45, 2.75) is 19.4 Å². The molecule has 18 heavy (non-hydrogen) atoms. The first kappa shape index (κ1) is 13.3. The van der Waals surface area contributed by atoms with Crippen LogP contribution in [-0.4, -0.2) is 16.8 Å². The molecule has 94 valence electrons. The van der Waals surface area contributed by atoms with Crippen molar-refractivity contribution >= 4 is 5.71 Å². The minimum Gasteiger partial charge on any atom is -0.249 e. The van der Waals surface area contributed by atoms with Crippen LogP contribution in [0.5, 0.6) is 0 Å². The third-order valence-corrected chi connectivity index (χ3v) is 3.34. The van der Waals surface area contributed by atoms with E-state index in [1.807, 2.05) is 12.1 Å². The van der Waals surface area contributed by atoms with Crippen LogP contribution in [0.3, 0.4) is 0 Å². The summed E-state index contributed by atoms with van der Waals surface area (Å²) in [5.74, 6) is 0. The maximum atomic E-state index is 3.30. The number of rotatable bonds is 2.